The van der Waals surface area contributed by atoms with Crippen LogP contribution in [0.1, 0.15) is 13.3 Å². The van der Waals surface area contributed by atoms with E-state index in [2.05, 4.69) is 10.6 Å². The summed E-state index contributed by atoms with van der Waals surface area (Å²) < 4.78 is 0. The van der Waals surface area contributed by atoms with Crippen LogP contribution in [0.3, 0.4) is 0 Å². The number of hydrogen-bond donors (Lipinski definition) is 2. The number of rotatable bonds is 6. The molecule has 2 amide bonds. The smallest absolute Gasteiger partial charge is 0.227 e. The highest BCUT2D eigenvalue weighted by Crippen LogP contribution is 2.30. The summed E-state index contributed by atoms with van der Waals surface area (Å²) in [6, 6.07) is 4.96. The minimum absolute atomic E-state index is 0. The fourth-order valence-corrected chi connectivity index (χ4v) is 2.94. The average molecular weight is 381 g/mol. The molecule has 1 aromatic carbocycles. The lowest BCUT2D eigenvalue weighted by molar-refractivity contribution is -0.126. The third kappa shape index (κ3) is 5.53. The Hall–Kier alpha value is -1.01. The molecule has 1 saturated heterocycles. The van der Waals surface area contributed by atoms with E-state index in [9.17, 15) is 9.59 Å². The molecule has 2 N–H and O–H groups in total. The normalized spacial score (nSPS) is 17.1. The standard InChI is InChI=1S/C15H19Cl2N3O2.ClH/c1-2-18-3-4-19-15(22)10-5-14(21)20(9-10)13-7-11(16)6-12(17)8-13;/h6-8,10,18H,2-5,9H2,1H3,(H,19,22);1H. The molecule has 0 radical (unpaired) electrons. The molecule has 0 aliphatic carbocycles. The van der Waals surface area contributed by atoms with Gasteiger partial charge in [0, 0.05) is 41.8 Å². The first-order chi connectivity index (χ1) is 10.5. The molecule has 2 rings (SSSR count). The van der Waals surface area contributed by atoms with Gasteiger partial charge < -0.3 is 15.5 Å². The zero-order chi connectivity index (χ0) is 16.1. The topological polar surface area (TPSA) is 61.4 Å². The number of amides is 2. The zero-order valence-electron chi connectivity index (χ0n) is 12.8. The molecule has 8 heteroatoms. The zero-order valence-corrected chi connectivity index (χ0v) is 15.1. The molecular weight excluding hydrogens is 361 g/mol. The Bertz CT molecular complexity index is 549. The molecule has 1 fully saturated rings. The lowest BCUT2D eigenvalue weighted by atomic mass is 10.1. The second-order valence-corrected chi connectivity index (χ2v) is 6.05. The van der Waals surface area contributed by atoms with Crippen LogP contribution in [0.4, 0.5) is 5.69 Å². The van der Waals surface area contributed by atoms with Crippen molar-refractivity contribution in [1.82, 2.24) is 10.6 Å². The lowest BCUT2D eigenvalue weighted by Gasteiger charge is -2.17. The second-order valence-electron chi connectivity index (χ2n) is 5.18. The van der Waals surface area contributed by atoms with Crippen molar-refractivity contribution < 1.29 is 9.59 Å². The summed E-state index contributed by atoms with van der Waals surface area (Å²) >= 11 is 11.9. The molecular formula is C15H20Cl3N3O2. The van der Waals surface area contributed by atoms with Crippen LogP contribution < -0.4 is 15.5 Å². The molecule has 1 heterocycles. The van der Waals surface area contributed by atoms with Crippen LogP contribution in [0, 0.1) is 5.92 Å². The van der Waals surface area contributed by atoms with Crippen LogP contribution >= 0.6 is 35.6 Å². The maximum Gasteiger partial charge on any atom is 0.227 e. The van der Waals surface area contributed by atoms with Gasteiger partial charge in [0.05, 0.1) is 5.92 Å². The van der Waals surface area contributed by atoms with Crippen molar-refractivity contribution >= 4 is 53.1 Å². The summed E-state index contributed by atoms with van der Waals surface area (Å²) in [5.74, 6) is -0.529. The van der Waals surface area contributed by atoms with Gasteiger partial charge in [0.15, 0.2) is 0 Å². The number of benzene rings is 1. The van der Waals surface area contributed by atoms with Gasteiger partial charge in [-0.1, -0.05) is 30.1 Å². The Kier molecular flexibility index (Phi) is 8.12. The van der Waals surface area contributed by atoms with Crippen LogP contribution in [0.5, 0.6) is 0 Å². The monoisotopic (exact) mass is 379 g/mol. The van der Waals surface area contributed by atoms with Crippen molar-refractivity contribution in [2.24, 2.45) is 5.92 Å². The number of anilines is 1. The molecule has 128 valence electrons. The summed E-state index contributed by atoms with van der Waals surface area (Å²) in [5, 5.41) is 6.90. The van der Waals surface area contributed by atoms with E-state index in [4.69, 9.17) is 23.2 Å². The van der Waals surface area contributed by atoms with E-state index in [1.165, 1.54) is 0 Å². The number of likely N-dealkylation sites (N-methyl/N-ethyl adjacent to an activating group) is 1. The Morgan fingerprint density at radius 2 is 1.91 bits per heavy atom. The quantitative estimate of drug-likeness (QED) is 0.745. The van der Waals surface area contributed by atoms with Gasteiger partial charge in [0.1, 0.15) is 0 Å². The number of carbonyl (C=O) groups is 2. The van der Waals surface area contributed by atoms with E-state index in [1.807, 2.05) is 6.92 Å². The van der Waals surface area contributed by atoms with E-state index in [0.717, 1.165) is 13.1 Å². The second kappa shape index (κ2) is 9.33. The first kappa shape index (κ1) is 20.0. The molecule has 5 nitrogen and oxygen atoms in total. The van der Waals surface area contributed by atoms with Crippen molar-refractivity contribution in [2.75, 3.05) is 31.1 Å². The number of hydrogen-bond acceptors (Lipinski definition) is 3. The largest absolute Gasteiger partial charge is 0.355 e. The van der Waals surface area contributed by atoms with E-state index in [-0.39, 0.29) is 36.6 Å². The Balaban J connectivity index is 0.00000264. The molecule has 1 aliphatic rings. The van der Waals surface area contributed by atoms with Gasteiger partial charge in [0.25, 0.3) is 0 Å². The third-order valence-corrected chi connectivity index (χ3v) is 3.94. The molecule has 1 aromatic rings. The third-order valence-electron chi connectivity index (χ3n) is 3.51. The number of nitrogens with one attached hydrogen (secondary N) is 2. The predicted molar refractivity (Wildman–Crippen MR) is 95.7 cm³/mol. The van der Waals surface area contributed by atoms with Crippen LogP contribution in [-0.4, -0.2) is 38.0 Å². The number of halogens is 3. The summed E-state index contributed by atoms with van der Waals surface area (Å²) in [6.45, 7) is 4.49. The minimum Gasteiger partial charge on any atom is -0.355 e. The van der Waals surface area contributed by atoms with Gasteiger partial charge >= 0.3 is 0 Å². The van der Waals surface area contributed by atoms with Crippen molar-refractivity contribution in [3.8, 4) is 0 Å². The van der Waals surface area contributed by atoms with E-state index in [1.54, 1.807) is 23.1 Å². The molecule has 1 aliphatic heterocycles. The van der Waals surface area contributed by atoms with Crippen LogP contribution in [0.25, 0.3) is 0 Å². The molecule has 0 saturated carbocycles. The highest BCUT2D eigenvalue weighted by atomic mass is 35.5. The van der Waals surface area contributed by atoms with Crippen molar-refractivity contribution in [2.45, 2.75) is 13.3 Å². The Morgan fingerprint density at radius 1 is 1.26 bits per heavy atom. The van der Waals surface area contributed by atoms with Crippen molar-refractivity contribution in [3.63, 3.8) is 0 Å². The fraction of sp³-hybridized carbons (Fsp3) is 0.467. The van der Waals surface area contributed by atoms with Gasteiger partial charge in [-0.15, -0.1) is 12.4 Å². The van der Waals surface area contributed by atoms with Crippen LogP contribution in [0.2, 0.25) is 10.0 Å². The fourth-order valence-electron chi connectivity index (χ4n) is 2.42. The highest BCUT2D eigenvalue weighted by molar-refractivity contribution is 6.35. The predicted octanol–water partition coefficient (Wildman–Crippen LogP) is 2.49. The highest BCUT2D eigenvalue weighted by Gasteiger charge is 2.35. The first-order valence-corrected chi connectivity index (χ1v) is 8.01. The summed E-state index contributed by atoms with van der Waals surface area (Å²) in [6.07, 6.45) is 0.206. The van der Waals surface area contributed by atoms with Gasteiger partial charge in [-0.2, -0.15) is 0 Å². The van der Waals surface area contributed by atoms with Crippen molar-refractivity contribution in [1.29, 1.82) is 0 Å². The SMILES string of the molecule is CCNCCNC(=O)C1CC(=O)N(c2cc(Cl)cc(Cl)c2)C1.Cl. The first-order valence-electron chi connectivity index (χ1n) is 7.26. The van der Waals surface area contributed by atoms with Crippen molar-refractivity contribution in [3.05, 3.63) is 28.2 Å². The molecule has 0 bridgehead atoms. The average Bonchev–Trinajstić information content (AvgIpc) is 2.84. The summed E-state index contributed by atoms with van der Waals surface area (Å²) in [5.41, 5.74) is 0.630. The number of nitrogens with zero attached hydrogens (tertiary/aromatic N) is 1. The maximum absolute atomic E-state index is 12.1. The van der Waals surface area contributed by atoms with E-state index >= 15 is 0 Å². The molecule has 0 aromatic heterocycles. The van der Waals surface area contributed by atoms with Gasteiger partial charge in [-0.25, -0.2) is 0 Å². The molecule has 23 heavy (non-hydrogen) atoms. The van der Waals surface area contributed by atoms with E-state index in [0.29, 0.717) is 28.8 Å². The minimum atomic E-state index is -0.341. The molecule has 1 atom stereocenters. The van der Waals surface area contributed by atoms with E-state index < -0.39 is 0 Å². The Morgan fingerprint density at radius 3 is 2.52 bits per heavy atom. The lowest BCUT2D eigenvalue weighted by Crippen LogP contribution is -2.37. The molecule has 0 spiro atoms. The summed E-state index contributed by atoms with van der Waals surface area (Å²) in [4.78, 5) is 25.8. The maximum atomic E-state index is 12.1. The summed E-state index contributed by atoms with van der Waals surface area (Å²) in [7, 11) is 0. The van der Waals surface area contributed by atoms with Crippen LogP contribution in [0.15, 0.2) is 18.2 Å². The van der Waals surface area contributed by atoms with Gasteiger partial charge in [0.2, 0.25) is 11.8 Å². The Labute approximate surface area is 152 Å². The van der Waals surface area contributed by atoms with Crippen LogP contribution in [-0.2, 0) is 9.59 Å². The molecule has 1 unspecified atom stereocenters. The van der Waals surface area contributed by atoms with Gasteiger partial charge in [-0.3, -0.25) is 9.59 Å². The van der Waals surface area contributed by atoms with Gasteiger partial charge in [-0.05, 0) is 24.7 Å². The number of carbonyl (C=O) groups excluding carboxylic acids is 2.